The molecule has 0 fully saturated rings. The summed E-state index contributed by atoms with van der Waals surface area (Å²) in [6, 6.07) is 12.8. The number of H-pyrrole nitrogens is 1. The molecule has 6 heteroatoms. The molecule has 2 aromatic carbocycles. The van der Waals surface area contributed by atoms with Crippen molar-refractivity contribution in [3.05, 3.63) is 69.3 Å². The highest BCUT2D eigenvalue weighted by molar-refractivity contribution is 9.10. The Morgan fingerprint density at radius 3 is 2.52 bits per heavy atom. The number of fused-ring (bicyclic) bond motifs is 3. The third-order valence-corrected chi connectivity index (χ3v) is 5.81. The molecular formula is C21H20BrN3O2. The molecule has 0 unspecified atom stereocenters. The number of benzene rings is 2. The topological polar surface area (TPSA) is 74.0 Å². The summed E-state index contributed by atoms with van der Waals surface area (Å²) in [4.78, 5) is 28.4. The maximum atomic E-state index is 12.7. The molecule has 3 N–H and O–H groups in total. The highest BCUT2D eigenvalue weighted by Gasteiger charge is 2.22. The van der Waals surface area contributed by atoms with Crippen molar-refractivity contribution in [2.24, 2.45) is 5.92 Å². The summed E-state index contributed by atoms with van der Waals surface area (Å²) in [7, 11) is 0. The molecule has 0 radical (unpaired) electrons. The standard InChI is InChI=1S/C21H20BrN3O2/c1-12-9-10-18-16(11-12)13-6-4-7-15(19(13)23-18)21(27)25-24-20(26)14-5-2-3-8-17(14)22/h2-8,12,23H,9-11H2,1H3,(H,24,26)(H,25,27)/t12-/m0/s1. The van der Waals surface area contributed by atoms with Crippen molar-refractivity contribution in [1.82, 2.24) is 15.8 Å². The molecule has 0 spiro atoms. The fourth-order valence-corrected chi connectivity index (χ4v) is 4.16. The van der Waals surface area contributed by atoms with Gasteiger partial charge in [-0.3, -0.25) is 20.4 Å². The second-order valence-corrected chi connectivity index (χ2v) is 7.90. The summed E-state index contributed by atoms with van der Waals surface area (Å²) in [6.07, 6.45) is 3.19. The SMILES string of the molecule is C[C@H]1CCc2[nH]c3c(C(=O)NNC(=O)c4ccccc4Br)cccc3c2C1. The van der Waals surface area contributed by atoms with Crippen LogP contribution in [0.3, 0.4) is 0 Å². The number of para-hydroxylation sites is 1. The van der Waals surface area contributed by atoms with Gasteiger partial charge in [0.2, 0.25) is 0 Å². The molecule has 1 heterocycles. The van der Waals surface area contributed by atoms with E-state index in [0.717, 1.165) is 30.2 Å². The van der Waals surface area contributed by atoms with Gasteiger partial charge in [-0.25, -0.2) is 0 Å². The second kappa shape index (κ2) is 7.19. The number of hydrazine groups is 1. The zero-order chi connectivity index (χ0) is 19.0. The van der Waals surface area contributed by atoms with Gasteiger partial charge in [0.15, 0.2) is 0 Å². The largest absolute Gasteiger partial charge is 0.358 e. The van der Waals surface area contributed by atoms with Gasteiger partial charge in [0.25, 0.3) is 11.8 Å². The van der Waals surface area contributed by atoms with E-state index in [9.17, 15) is 9.59 Å². The average Bonchev–Trinajstić information content (AvgIpc) is 3.04. The fraction of sp³-hybridized carbons (Fsp3) is 0.238. The predicted octanol–water partition coefficient (Wildman–Crippen LogP) is 4.13. The van der Waals surface area contributed by atoms with Gasteiger partial charge in [0.1, 0.15) is 0 Å². The number of carbonyl (C=O) groups excluding carboxylic acids is 2. The number of aromatic nitrogens is 1. The third-order valence-electron chi connectivity index (χ3n) is 5.12. The summed E-state index contributed by atoms with van der Waals surface area (Å²) >= 11 is 3.34. The van der Waals surface area contributed by atoms with Crippen molar-refractivity contribution in [3.8, 4) is 0 Å². The monoisotopic (exact) mass is 425 g/mol. The van der Waals surface area contributed by atoms with E-state index in [1.807, 2.05) is 12.1 Å². The van der Waals surface area contributed by atoms with Crippen LogP contribution in [-0.4, -0.2) is 16.8 Å². The summed E-state index contributed by atoms with van der Waals surface area (Å²) in [5, 5.41) is 1.10. The smallest absolute Gasteiger partial charge is 0.271 e. The van der Waals surface area contributed by atoms with E-state index in [1.54, 1.807) is 24.3 Å². The summed E-state index contributed by atoms with van der Waals surface area (Å²) in [5.41, 5.74) is 9.38. The molecule has 1 aliphatic rings. The number of hydrogen-bond acceptors (Lipinski definition) is 2. The number of aryl methyl sites for hydroxylation is 1. The zero-order valence-corrected chi connectivity index (χ0v) is 16.5. The van der Waals surface area contributed by atoms with E-state index in [2.05, 4.69) is 44.8 Å². The molecule has 0 saturated carbocycles. The van der Waals surface area contributed by atoms with Crippen LogP contribution in [0.2, 0.25) is 0 Å². The molecule has 0 bridgehead atoms. The molecule has 5 nitrogen and oxygen atoms in total. The van der Waals surface area contributed by atoms with Crippen LogP contribution in [0.25, 0.3) is 10.9 Å². The van der Waals surface area contributed by atoms with Crippen LogP contribution in [-0.2, 0) is 12.8 Å². The van der Waals surface area contributed by atoms with Crippen molar-refractivity contribution in [2.45, 2.75) is 26.2 Å². The normalized spacial score (nSPS) is 16.0. The summed E-state index contributed by atoms with van der Waals surface area (Å²) < 4.78 is 0.671. The van der Waals surface area contributed by atoms with Gasteiger partial charge in [-0.05, 0) is 64.9 Å². The van der Waals surface area contributed by atoms with Crippen LogP contribution < -0.4 is 10.9 Å². The molecule has 0 saturated heterocycles. The first kappa shape index (κ1) is 17.8. The maximum absolute atomic E-state index is 12.7. The van der Waals surface area contributed by atoms with Gasteiger partial charge in [-0.15, -0.1) is 0 Å². The van der Waals surface area contributed by atoms with Crippen molar-refractivity contribution >= 4 is 38.6 Å². The van der Waals surface area contributed by atoms with Gasteiger partial charge in [-0.1, -0.05) is 31.2 Å². The number of aromatic amines is 1. The highest BCUT2D eigenvalue weighted by Crippen LogP contribution is 2.32. The summed E-state index contributed by atoms with van der Waals surface area (Å²) in [5.74, 6) is -0.0622. The van der Waals surface area contributed by atoms with Crippen molar-refractivity contribution in [3.63, 3.8) is 0 Å². The van der Waals surface area contributed by atoms with Crippen LogP contribution in [0.1, 0.15) is 45.3 Å². The van der Waals surface area contributed by atoms with Gasteiger partial charge < -0.3 is 4.98 Å². The van der Waals surface area contributed by atoms with Crippen LogP contribution in [0.4, 0.5) is 0 Å². The molecule has 2 amide bonds. The quantitative estimate of drug-likeness (QED) is 0.539. The molecule has 3 aromatic rings. The lowest BCUT2D eigenvalue weighted by Gasteiger charge is -2.17. The van der Waals surface area contributed by atoms with E-state index in [-0.39, 0.29) is 11.8 Å². The highest BCUT2D eigenvalue weighted by atomic mass is 79.9. The Labute approximate surface area is 165 Å². The fourth-order valence-electron chi connectivity index (χ4n) is 3.70. The molecule has 1 aromatic heterocycles. The molecule has 27 heavy (non-hydrogen) atoms. The first-order chi connectivity index (χ1) is 13.0. The Morgan fingerprint density at radius 2 is 1.74 bits per heavy atom. The van der Waals surface area contributed by atoms with Crippen LogP contribution in [0.15, 0.2) is 46.9 Å². The average molecular weight is 426 g/mol. The second-order valence-electron chi connectivity index (χ2n) is 7.05. The Kier molecular flexibility index (Phi) is 4.74. The molecular weight excluding hydrogens is 406 g/mol. The van der Waals surface area contributed by atoms with Crippen molar-refractivity contribution in [1.29, 1.82) is 0 Å². The maximum Gasteiger partial charge on any atom is 0.271 e. The van der Waals surface area contributed by atoms with Gasteiger partial charge in [0.05, 0.1) is 16.6 Å². The number of hydrogen-bond donors (Lipinski definition) is 3. The Balaban J connectivity index is 1.57. The lowest BCUT2D eigenvalue weighted by Crippen LogP contribution is -2.41. The molecule has 1 atom stereocenters. The minimum Gasteiger partial charge on any atom is -0.358 e. The summed E-state index contributed by atoms with van der Waals surface area (Å²) in [6.45, 7) is 2.26. The minimum atomic E-state index is -0.373. The molecule has 4 rings (SSSR count). The number of nitrogens with one attached hydrogen (secondary N) is 3. The van der Waals surface area contributed by atoms with E-state index in [1.165, 1.54) is 11.3 Å². The number of rotatable bonds is 2. The Morgan fingerprint density at radius 1 is 1.04 bits per heavy atom. The minimum absolute atomic E-state index is 0.340. The molecule has 1 aliphatic carbocycles. The Bertz CT molecular complexity index is 1040. The van der Waals surface area contributed by atoms with Crippen molar-refractivity contribution < 1.29 is 9.59 Å². The van der Waals surface area contributed by atoms with Gasteiger partial charge in [-0.2, -0.15) is 0 Å². The first-order valence-corrected chi connectivity index (χ1v) is 9.81. The predicted molar refractivity (Wildman–Crippen MR) is 109 cm³/mol. The van der Waals surface area contributed by atoms with E-state index in [4.69, 9.17) is 0 Å². The Hall–Kier alpha value is -2.60. The van der Waals surface area contributed by atoms with Crippen LogP contribution in [0.5, 0.6) is 0 Å². The lowest BCUT2D eigenvalue weighted by molar-refractivity contribution is 0.0847. The number of carbonyl (C=O) groups is 2. The van der Waals surface area contributed by atoms with Gasteiger partial charge in [0, 0.05) is 15.6 Å². The van der Waals surface area contributed by atoms with Crippen LogP contribution in [0, 0.1) is 5.92 Å². The third kappa shape index (κ3) is 3.37. The van der Waals surface area contributed by atoms with E-state index in [0.29, 0.717) is 21.5 Å². The number of amides is 2. The first-order valence-electron chi connectivity index (χ1n) is 9.02. The van der Waals surface area contributed by atoms with Gasteiger partial charge >= 0.3 is 0 Å². The van der Waals surface area contributed by atoms with E-state index < -0.39 is 0 Å². The number of halogens is 1. The molecule has 0 aliphatic heterocycles. The van der Waals surface area contributed by atoms with E-state index >= 15 is 0 Å². The lowest BCUT2D eigenvalue weighted by atomic mass is 9.87. The van der Waals surface area contributed by atoms with Crippen molar-refractivity contribution in [2.75, 3.05) is 0 Å². The van der Waals surface area contributed by atoms with Crippen LogP contribution >= 0.6 is 15.9 Å². The molecule has 138 valence electrons. The zero-order valence-electron chi connectivity index (χ0n) is 14.9.